The van der Waals surface area contributed by atoms with E-state index < -0.39 is 0 Å². The number of oxazole rings is 1. The monoisotopic (exact) mass is 424 g/mol. The standard InChI is InChI=1S/C25H36N4O2/c30-23(26-19-25(13-5-1-6-14-25)29-15-7-2-8-16-29)20-11-17-28(18-12-20)24-27-21-9-3-4-10-22(21)31-24/h3-4,9-10,20H,1-2,5-8,11-19H2,(H,26,30). The third-order valence-electron chi connectivity index (χ3n) is 7.82. The first-order valence-corrected chi connectivity index (χ1v) is 12.4. The molecule has 1 N–H and O–H groups in total. The van der Waals surface area contributed by atoms with Gasteiger partial charge in [0.2, 0.25) is 5.91 Å². The molecule has 1 amide bonds. The highest BCUT2D eigenvalue weighted by atomic mass is 16.4. The molecule has 2 aromatic rings. The molecule has 1 aliphatic carbocycles. The molecule has 3 aliphatic rings. The van der Waals surface area contributed by atoms with Crippen LogP contribution in [0.15, 0.2) is 28.7 Å². The second-order valence-corrected chi connectivity index (χ2v) is 9.78. The van der Waals surface area contributed by atoms with Gasteiger partial charge in [0, 0.05) is 31.1 Å². The molecular weight excluding hydrogens is 388 g/mol. The van der Waals surface area contributed by atoms with Gasteiger partial charge in [-0.05, 0) is 63.7 Å². The van der Waals surface area contributed by atoms with Crippen LogP contribution in [0.5, 0.6) is 0 Å². The van der Waals surface area contributed by atoms with Crippen molar-refractivity contribution < 1.29 is 9.21 Å². The number of likely N-dealkylation sites (tertiary alicyclic amines) is 1. The average molecular weight is 425 g/mol. The predicted octanol–water partition coefficient (Wildman–Crippen LogP) is 4.35. The fourth-order valence-corrected chi connectivity index (χ4v) is 5.91. The Morgan fingerprint density at radius 2 is 1.71 bits per heavy atom. The molecule has 1 saturated carbocycles. The minimum Gasteiger partial charge on any atom is -0.423 e. The predicted molar refractivity (Wildman–Crippen MR) is 123 cm³/mol. The van der Waals surface area contributed by atoms with E-state index in [0.717, 1.165) is 43.6 Å². The van der Waals surface area contributed by atoms with Crippen molar-refractivity contribution in [1.82, 2.24) is 15.2 Å². The number of anilines is 1. The van der Waals surface area contributed by atoms with Crippen molar-refractivity contribution in [3.05, 3.63) is 24.3 Å². The number of piperidine rings is 2. The lowest BCUT2D eigenvalue weighted by molar-refractivity contribution is -0.126. The van der Waals surface area contributed by atoms with Crippen molar-refractivity contribution in [3.63, 3.8) is 0 Å². The number of fused-ring (bicyclic) bond motifs is 1. The number of benzene rings is 1. The van der Waals surface area contributed by atoms with E-state index in [4.69, 9.17) is 4.42 Å². The minimum absolute atomic E-state index is 0.0997. The van der Waals surface area contributed by atoms with Crippen molar-refractivity contribution in [2.24, 2.45) is 5.92 Å². The first-order valence-electron chi connectivity index (χ1n) is 12.4. The summed E-state index contributed by atoms with van der Waals surface area (Å²) in [6.07, 6.45) is 12.1. The summed E-state index contributed by atoms with van der Waals surface area (Å²) in [6, 6.07) is 8.57. The van der Waals surface area contributed by atoms with Crippen LogP contribution in [0.2, 0.25) is 0 Å². The maximum atomic E-state index is 13.1. The topological polar surface area (TPSA) is 61.6 Å². The lowest BCUT2D eigenvalue weighted by Gasteiger charge is -2.48. The summed E-state index contributed by atoms with van der Waals surface area (Å²) in [6.45, 7) is 4.89. The number of nitrogens with zero attached hydrogens (tertiary/aromatic N) is 3. The highest BCUT2D eigenvalue weighted by molar-refractivity contribution is 5.79. The zero-order chi connectivity index (χ0) is 21.1. The van der Waals surface area contributed by atoms with Crippen molar-refractivity contribution in [2.75, 3.05) is 37.6 Å². The Labute approximate surface area is 185 Å². The summed E-state index contributed by atoms with van der Waals surface area (Å²) in [5.74, 6) is 0.349. The van der Waals surface area contributed by atoms with Crippen molar-refractivity contribution in [3.8, 4) is 0 Å². The zero-order valence-corrected chi connectivity index (χ0v) is 18.7. The van der Waals surface area contributed by atoms with Crippen LogP contribution in [-0.4, -0.2) is 54.1 Å². The number of nitrogens with one attached hydrogen (secondary N) is 1. The Bertz CT molecular complexity index is 842. The number of aromatic nitrogens is 1. The van der Waals surface area contributed by atoms with Crippen LogP contribution in [-0.2, 0) is 4.79 Å². The molecule has 6 nitrogen and oxygen atoms in total. The molecule has 1 aromatic carbocycles. The normalized spacial score (nSPS) is 23.2. The Kier molecular flexibility index (Phi) is 6.17. The molecule has 3 fully saturated rings. The van der Waals surface area contributed by atoms with Gasteiger partial charge in [-0.2, -0.15) is 4.98 Å². The quantitative estimate of drug-likeness (QED) is 0.773. The fraction of sp³-hybridized carbons (Fsp3) is 0.680. The number of para-hydroxylation sites is 2. The maximum absolute atomic E-state index is 13.1. The van der Waals surface area contributed by atoms with E-state index in [9.17, 15) is 4.79 Å². The SMILES string of the molecule is O=C(NCC1(N2CCCCC2)CCCCC1)C1CCN(c2nc3ccccc3o2)CC1. The highest BCUT2D eigenvalue weighted by Crippen LogP contribution is 2.35. The molecule has 168 valence electrons. The van der Waals surface area contributed by atoms with Crippen molar-refractivity contribution >= 4 is 23.0 Å². The third kappa shape index (κ3) is 4.45. The van der Waals surface area contributed by atoms with E-state index in [1.165, 1.54) is 64.5 Å². The van der Waals surface area contributed by atoms with Crippen LogP contribution in [0, 0.1) is 5.92 Å². The second kappa shape index (κ2) is 9.19. The number of hydrogen-bond acceptors (Lipinski definition) is 5. The Morgan fingerprint density at radius 3 is 2.45 bits per heavy atom. The van der Waals surface area contributed by atoms with Crippen LogP contribution >= 0.6 is 0 Å². The number of carbonyl (C=O) groups is 1. The van der Waals surface area contributed by atoms with E-state index >= 15 is 0 Å². The average Bonchev–Trinajstić information content (AvgIpc) is 3.28. The van der Waals surface area contributed by atoms with Gasteiger partial charge in [-0.3, -0.25) is 9.69 Å². The Morgan fingerprint density at radius 1 is 1.00 bits per heavy atom. The summed E-state index contributed by atoms with van der Waals surface area (Å²) in [5.41, 5.74) is 1.92. The zero-order valence-electron chi connectivity index (χ0n) is 18.7. The second-order valence-electron chi connectivity index (χ2n) is 9.78. The van der Waals surface area contributed by atoms with Crippen LogP contribution in [0.25, 0.3) is 11.1 Å². The number of carbonyl (C=O) groups excluding carboxylic acids is 1. The molecule has 5 rings (SSSR count). The molecule has 6 heteroatoms. The van der Waals surface area contributed by atoms with Gasteiger partial charge in [-0.15, -0.1) is 0 Å². The molecule has 3 heterocycles. The molecule has 2 saturated heterocycles. The van der Waals surface area contributed by atoms with Crippen LogP contribution in [0.3, 0.4) is 0 Å². The number of rotatable bonds is 5. The summed E-state index contributed by atoms with van der Waals surface area (Å²) < 4.78 is 5.92. The molecule has 0 bridgehead atoms. The molecular formula is C25H36N4O2. The van der Waals surface area contributed by atoms with Gasteiger partial charge in [0.25, 0.3) is 6.01 Å². The minimum atomic E-state index is 0.0997. The molecule has 0 atom stereocenters. The van der Waals surface area contributed by atoms with Crippen LogP contribution in [0.4, 0.5) is 6.01 Å². The Balaban J connectivity index is 1.16. The molecule has 31 heavy (non-hydrogen) atoms. The van der Waals surface area contributed by atoms with Crippen LogP contribution in [0.1, 0.15) is 64.2 Å². The Hall–Kier alpha value is -2.08. The molecule has 1 aromatic heterocycles. The van der Waals surface area contributed by atoms with Gasteiger partial charge in [0.05, 0.1) is 0 Å². The molecule has 2 aliphatic heterocycles. The third-order valence-corrected chi connectivity index (χ3v) is 7.82. The summed E-state index contributed by atoms with van der Waals surface area (Å²) in [5, 5.41) is 3.40. The van der Waals surface area contributed by atoms with Gasteiger partial charge in [-0.25, -0.2) is 0 Å². The molecule has 0 unspecified atom stereocenters. The first-order chi connectivity index (χ1) is 15.2. The fourth-order valence-electron chi connectivity index (χ4n) is 5.91. The van der Waals surface area contributed by atoms with Gasteiger partial charge in [0.1, 0.15) is 5.52 Å². The van der Waals surface area contributed by atoms with Crippen molar-refractivity contribution in [1.29, 1.82) is 0 Å². The smallest absolute Gasteiger partial charge is 0.298 e. The van der Waals surface area contributed by atoms with E-state index in [2.05, 4.69) is 20.1 Å². The van der Waals surface area contributed by atoms with Crippen molar-refractivity contribution in [2.45, 2.75) is 69.7 Å². The molecule has 0 spiro atoms. The van der Waals surface area contributed by atoms with E-state index in [1.807, 2.05) is 24.3 Å². The van der Waals surface area contributed by atoms with Gasteiger partial charge < -0.3 is 14.6 Å². The summed E-state index contributed by atoms with van der Waals surface area (Å²) in [7, 11) is 0. The lowest BCUT2D eigenvalue weighted by atomic mass is 9.79. The van der Waals surface area contributed by atoms with E-state index in [0.29, 0.717) is 6.01 Å². The number of hydrogen-bond donors (Lipinski definition) is 1. The maximum Gasteiger partial charge on any atom is 0.298 e. The van der Waals surface area contributed by atoms with Crippen LogP contribution < -0.4 is 10.2 Å². The van der Waals surface area contributed by atoms with Gasteiger partial charge in [0.15, 0.2) is 5.58 Å². The number of amides is 1. The van der Waals surface area contributed by atoms with Gasteiger partial charge >= 0.3 is 0 Å². The molecule has 0 radical (unpaired) electrons. The summed E-state index contributed by atoms with van der Waals surface area (Å²) in [4.78, 5) is 22.6. The lowest BCUT2D eigenvalue weighted by Crippen LogP contribution is -2.58. The first kappa shape index (κ1) is 20.8. The van der Waals surface area contributed by atoms with E-state index in [-0.39, 0.29) is 17.4 Å². The van der Waals surface area contributed by atoms with Gasteiger partial charge in [-0.1, -0.05) is 37.8 Å². The van der Waals surface area contributed by atoms with E-state index in [1.54, 1.807) is 0 Å². The summed E-state index contributed by atoms with van der Waals surface area (Å²) >= 11 is 0. The largest absolute Gasteiger partial charge is 0.423 e. The highest BCUT2D eigenvalue weighted by Gasteiger charge is 2.39.